The lowest BCUT2D eigenvalue weighted by Gasteiger charge is -2.31. The fourth-order valence-electron chi connectivity index (χ4n) is 3.33. The minimum atomic E-state index is 0.306. The molecule has 1 N–H and O–H groups in total. The van der Waals surface area contributed by atoms with Crippen LogP contribution in [0.15, 0.2) is 54.6 Å². The second-order valence-electron chi connectivity index (χ2n) is 6.16. The van der Waals surface area contributed by atoms with Gasteiger partial charge in [-0.3, -0.25) is 0 Å². The summed E-state index contributed by atoms with van der Waals surface area (Å²) in [4.78, 5) is 0. The Hall–Kier alpha value is -1.64. The quantitative estimate of drug-likeness (QED) is 0.913. The highest BCUT2D eigenvalue weighted by molar-refractivity contribution is 5.32. The van der Waals surface area contributed by atoms with Crippen molar-refractivity contribution in [3.05, 3.63) is 71.3 Å². The third-order valence-corrected chi connectivity index (χ3v) is 4.61. The molecule has 0 spiro atoms. The third kappa shape index (κ3) is 2.74. The van der Waals surface area contributed by atoms with Gasteiger partial charge in [0.1, 0.15) is 0 Å². The molecule has 0 radical (unpaired) electrons. The first-order valence-electron chi connectivity index (χ1n) is 7.88. The summed E-state index contributed by atoms with van der Waals surface area (Å²) in [5, 5.41) is 3.87. The van der Waals surface area contributed by atoms with Crippen molar-refractivity contribution in [1.82, 2.24) is 5.32 Å². The van der Waals surface area contributed by atoms with Crippen LogP contribution >= 0.6 is 0 Å². The number of ether oxygens (including phenoxy) is 1. The fourth-order valence-corrected chi connectivity index (χ4v) is 3.33. The highest BCUT2D eigenvalue weighted by Crippen LogP contribution is 2.42. The van der Waals surface area contributed by atoms with E-state index >= 15 is 0 Å². The average molecular weight is 279 g/mol. The lowest BCUT2D eigenvalue weighted by molar-refractivity contribution is 0.0773. The Morgan fingerprint density at radius 2 is 1.71 bits per heavy atom. The average Bonchev–Trinajstić information content (AvgIpc) is 3.38. The highest BCUT2D eigenvalue weighted by Gasteiger charge is 2.34. The molecule has 1 heterocycles. The van der Waals surface area contributed by atoms with Crippen LogP contribution in [0.1, 0.15) is 41.6 Å². The number of benzene rings is 2. The van der Waals surface area contributed by atoms with Crippen molar-refractivity contribution in [2.75, 3.05) is 6.61 Å². The van der Waals surface area contributed by atoms with Crippen molar-refractivity contribution in [2.45, 2.75) is 31.5 Å². The number of hydrogen-bond donors (Lipinski definition) is 1. The van der Waals surface area contributed by atoms with Gasteiger partial charge in [0, 0.05) is 6.04 Å². The van der Waals surface area contributed by atoms with Crippen LogP contribution in [-0.2, 0) is 11.3 Å². The first kappa shape index (κ1) is 13.1. The van der Waals surface area contributed by atoms with Crippen LogP contribution in [0, 0.1) is 5.92 Å². The third-order valence-electron chi connectivity index (χ3n) is 4.61. The van der Waals surface area contributed by atoms with Crippen molar-refractivity contribution in [1.29, 1.82) is 0 Å². The maximum Gasteiger partial charge on any atom is 0.0721 e. The molecule has 0 aromatic heterocycles. The van der Waals surface area contributed by atoms with Crippen LogP contribution in [-0.4, -0.2) is 6.61 Å². The van der Waals surface area contributed by atoms with Gasteiger partial charge in [0.25, 0.3) is 0 Å². The van der Waals surface area contributed by atoms with E-state index in [4.69, 9.17) is 4.74 Å². The molecule has 2 aromatic carbocycles. The van der Waals surface area contributed by atoms with Crippen molar-refractivity contribution in [2.24, 2.45) is 5.92 Å². The molecule has 108 valence electrons. The van der Waals surface area contributed by atoms with E-state index in [0.29, 0.717) is 12.1 Å². The molecule has 2 aromatic rings. The molecule has 2 atom stereocenters. The van der Waals surface area contributed by atoms with Gasteiger partial charge in [-0.1, -0.05) is 54.6 Å². The summed E-state index contributed by atoms with van der Waals surface area (Å²) < 4.78 is 5.78. The molecule has 4 rings (SSSR count). The maximum atomic E-state index is 5.78. The molecular formula is C19H21NO. The lowest BCUT2D eigenvalue weighted by atomic mass is 9.95. The van der Waals surface area contributed by atoms with Crippen LogP contribution in [0.2, 0.25) is 0 Å². The van der Waals surface area contributed by atoms with E-state index in [1.54, 1.807) is 0 Å². The van der Waals surface area contributed by atoms with Gasteiger partial charge in [-0.05, 0) is 35.4 Å². The van der Waals surface area contributed by atoms with Gasteiger partial charge in [0.2, 0.25) is 0 Å². The summed E-state index contributed by atoms with van der Waals surface area (Å²) in [5.74, 6) is 0.779. The van der Waals surface area contributed by atoms with Crippen LogP contribution in [0.5, 0.6) is 0 Å². The topological polar surface area (TPSA) is 21.3 Å². The Morgan fingerprint density at radius 3 is 2.52 bits per heavy atom. The SMILES string of the molecule is c1ccc(C(NC2COCc3ccccc32)C2CC2)cc1. The molecular weight excluding hydrogens is 258 g/mol. The van der Waals surface area contributed by atoms with Gasteiger partial charge in [-0.25, -0.2) is 0 Å². The van der Waals surface area contributed by atoms with Gasteiger partial charge >= 0.3 is 0 Å². The number of nitrogens with one attached hydrogen (secondary N) is 1. The zero-order chi connectivity index (χ0) is 14.1. The zero-order valence-corrected chi connectivity index (χ0v) is 12.2. The Morgan fingerprint density at radius 1 is 0.952 bits per heavy atom. The van der Waals surface area contributed by atoms with Crippen molar-refractivity contribution >= 4 is 0 Å². The molecule has 1 aliphatic carbocycles. The zero-order valence-electron chi connectivity index (χ0n) is 12.2. The summed E-state index contributed by atoms with van der Waals surface area (Å²) in [6.07, 6.45) is 2.67. The molecule has 0 amide bonds. The summed E-state index contributed by atoms with van der Waals surface area (Å²) in [6.45, 7) is 1.51. The van der Waals surface area contributed by atoms with Crippen LogP contribution in [0.3, 0.4) is 0 Å². The van der Waals surface area contributed by atoms with E-state index in [0.717, 1.165) is 19.1 Å². The van der Waals surface area contributed by atoms with Gasteiger partial charge in [-0.2, -0.15) is 0 Å². The van der Waals surface area contributed by atoms with Crippen LogP contribution < -0.4 is 5.32 Å². The number of fused-ring (bicyclic) bond motifs is 1. The monoisotopic (exact) mass is 279 g/mol. The predicted molar refractivity (Wildman–Crippen MR) is 83.9 cm³/mol. The smallest absolute Gasteiger partial charge is 0.0721 e. The summed E-state index contributed by atoms with van der Waals surface area (Å²) in [7, 11) is 0. The molecule has 21 heavy (non-hydrogen) atoms. The van der Waals surface area contributed by atoms with E-state index in [1.165, 1.54) is 29.5 Å². The van der Waals surface area contributed by atoms with E-state index in [2.05, 4.69) is 59.9 Å². The van der Waals surface area contributed by atoms with Crippen molar-refractivity contribution in [3.63, 3.8) is 0 Å². The van der Waals surface area contributed by atoms with E-state index in [9.17, 15) is 0 Å². The second kappa shape index (κ2) is 5.63. The highest BCUT2D eigenvalue weighted by atomic mass is 16.5. The first-order chi connectivity index (χ1) is 10.4. The van der Waals surface area contributed by atoms with Gasteiger partial charge in [0.15, 0.2) is 0 Å². The molecule has 2 nitrogen and oxygen atoms in total. The minimum absolute atomic E-state index is 0.306. The Labute approximate surface area is 126 Å². The molecule has 1 aliphatic heterocycles. The largest absolute Gasteiger partial charge is 0.375 e. The summed E-state index contributed by atoms with van der Waals surface area (Å²) in [6, 6.07) is 20.3. The van der Waals surface area contributed by atoms with E-state index in [1.807, 2.05) is 0 Å². The molecule has 1 fully saturated rings. The number of rotatable bonds is 4. The molecule has 2 heteroatoms. The van der Waals surface area contributed by atoms with Gasteiger partial charge < -0.3 is 10.1 Å². The summed E-state index contributed by atoms with van der Waals surface area (Å²) in [5.41, 5.74) is 4.14. The normalized spacial score (nSPS) is 22.6. The second-order valence-corrected chi connectivity index (χ2v) is 6.16. The Kier molecular flexibility index (Phi) is 3.50. The Balaban J connectivity index is 1.60. The molecule has 2 unspecified atom stereocenters. The first-order valence-corrected chi connectivity index (χ1v) is 7.88. The van der Waals surface area contributed by atoms with Crippen LogP contribution in [0.25, 0.3) is 0 Å². The number of hydrogen-bond acceptors (Lipinski definition) is 2. The summed E-state index contributed by atoms with van der Waals surface area (Å²) >= 11 is 0. The lowest BCUT2D eigenvalue weighted by Crippen LogP contribution is -2.33. The standard InChI is InChI=1S/C19H21NO/c1-2-6-14(7-3-1)19(15-10-11-15)20-18-13-21-12-16-8-4-5-9-17(16)18/h1-9,15,18-20H,10-13H2. The van der Waals surface area contributed by atoms with E-state index < -0.39 is 0 Å². The molecule has 2 aliphatic rings. The van der Waals surface area contributed by atoms with Gasteiger partial charge in [-0.15, -0.1) is 0 Å². The van der Waals surface area contributed by atoms with Crippen molar-refractivity contribution in [3.8, 4) is 0 Å². The predicted octanol–water partition coefficient (Wildman–Crippen LogP) is 4.00. The minimum Gasteiger partial charge on any atom is -0.375 e. The molecule has 0 saturated heterocycles. The molecule has 0 bridgehead atoms. The maximum absolute atomic E-state index is 5.78. The fraction of sp³-hybridized carbons (Fsp3) is 0.368. The van der Waals surface area contributed by atoms with Crippen molar-refractivity contribution < 1.29 is 4.74 Å². The molecule has 1 saturated carbocycles. The van der Waals surface area contributed by atoms with Gasteiger partial charge in [0.05, 0.1) is 19.3 Å². The Bertz CT molecular complexity index is 606. The van der Waals surface area contributed by atoms with Crippen LogP contribution in [0.4, 0.5) is 0 Å². The van der Waals surface area contributed by atoms with E-state index in [-0.39, 0.29) is 0 Å².